The van der Waals surface area contributed by atoms with Crippen LogP contribution in [0.15, 0.2) is 18.2 Å². The summed E-state index contributed by atoms with van der Waals surface area (Å²) in [6, 6.07) is 3.58. The van der Waals surface area contributed by atoms with Crippen LogP contribution in [0.1, 0.15) is 32.3 Å². The second-order valence-electron chi connectivity index (χ2n) is 5.67. The Morgan fingerprint density at radius 3 is 2.70 bits per heavy atom. The van der Waals surface area contributed by atoms with Crippen molar-refractivity contribution in [2.24, 2.45) is 5.41 Å². The first kappa shape index (κ1) is 16.5. The number of nitrogens with zero attached hydrogens (tertiary/aromatic N) is 1. The number of benzene rings is 1. The Morgan fingerprint density at radius 2 is 2.10 bits per heavy atom. The van der Waals surface area contributed by atoms with Gasteiger partial charge < -0.3 is 10.4 Å². The number of non-ortho nitro benzene ring substituents is 1. The molecule has 0 atom stereocenters. The van der Waals surface area contributed by atoms with Crippen LogP contribution in [0.4, 0.5) is 10.1 Å². The monoisotopic (exact) mass is 284 g/mol. The lowest BCUT2D eigenvalue weighted by Crippen LogP contribution is -2.29. The minimum atomic E-state index is -0.601. The van der Waals surface area contributed by atoms with E-state index in [-0.39, 0.29) is 17.7 Å². The molecule has 0 aromatic heterocycles. The quantitative estimate of drug-likeness (QED) is 0.568. The molecule has 5 nitrogen and oxygen atoms in total. The summed E-state index contributed by atoms with van der Waals surface area (Å²) >= 11 is 0. The number of hydrogen-bond donors (Lipinski definition) is 2. The number of hydrogen-bond acceptors (Lipinski definition) is 4. The largest absolute Gasteiger partial charge is 0.396 e. The second-order valence-corrected chi connectivity index (χ2v) is 5.67. The molecule has 0 unspecified atom stereocenters. The number of halogens is 1. The molecule has 20 heavy (non-hydrogen) atoms. The number of aliphatic hydroxyl groups is 1. The van der Waals surface area contributed by atoms with E-state index in [0.717, 1.165) is 18.9 Å². The Bertz CT molecular complexity index is 464. The van der Waals surface area contributed by atoms with E-state index in [1.165, 1.54) is 12.1 Å². The summed E-state index contributed by atoms with van der Waals surface area (Å²) in [5.74, 6) is -0.601. The fraction of sp³-hybridized carbons (Fsp3) is 0.571. The molecule has 0 fully saturated rings. The van der Waals surface area contributed by atoms with Gasteiger partial charge in [-0.3, -0.25) is 10.1 Å². The molecule has 0 bridgehead atoms. The first-order valence-electron chi connectivity index (χ1n) is 6.59. The van der Waals surface area contributed by atoms with E-state index >= 15 is 0 Å². The summed E-state index contributed by atoms with van der Waals surface area (Å²) in [5.41, 5.74) is 0.332. The lowest BCUT2D eigenvalue weighted by atomic mass is 9.88. The summed E-state index contributed by atoms with van der Waals surface area (Å²) in [4.78, 5) is 10.1. The van der Waals surface area contributed by atoms with Crippen molar-refractivity contribution in [3.8, 4) is 0 Å². The molecule has 0 spiro atoms. The summed E-state index contributed by atoms with van der Waals surface area (Å²) in [5, 5.41) is 22.6. The SMILES string of the molecule is CC(C)(CCCO)CNCc1cc(F)cc([N+](=O)[O-])c1. The number of nitro benzene ring substituents is 1. The van der Waals surface area contributed by atoms with Gasteiger partial charge in [0, 0.05) is 25.8 Å². The second kappa shape index (κ2) is 7.31. The Labute approximate surface area is 118 Å². The van der Waals surface area contributed by atoms with Gasteiger partial charge in [0.15, 0.2) is 0 Å². The van der Waals surface area contributed by atoms with Gasteiger partial charge in [-0.2, -0.15) is 0 Å². The molecule has 1 aromatic rings. The Kier molecular flexibility index (Phi) is 6.04. The highest BCUT2D eigenvalue weighted by Gasteiger charge is 2.17. The van der Waals surface area contributed by atoms with E-state index in [2.05, 4.69) is 19.2 Å². The maximum absolute atomic E-state index is 13.3. The van der Waals surface area contributed by atoms with Crippen molar-refractivity contribution in [2.45, 2.75) is 33.2 Å². The van der Waals surface area contributed by atoms with Gasteiger partial charge in [-0.15, -0.1) is 0 Å². The molecule has 0 aliphatic rings. The molecular formula is C14H21FN2O3. The predicted molar refractivity (Wildman–Crippen MR) is 74.9 cm³/mol. The molecule has 0 saturated carbocycles. The van der Waals surface area contributed by atoms with E-state index in [9.17, 15) is 14.5 Å². The van der Waals surface area contributed by atoms with Gasteiger partial charge in [0.2, 0.25) is 0 Å². The van der Waals surface area contributed by atoms with Gasteiger partial charge in [0.05, 0.1) is 11.0 Å². The zero-order valence-electron chi connectivity index (χ0n) is 11.9. The lowest BCUT2D eigenvalue weighted by molar-refractivity contribution is -0.385. The van der Waals surface area contributed by atoms with Crippen molar-refractivity contribution >= 4 is 5.69 Å². The topological polar surface area (TPSA) is 75.4 Å². The number of rotatable bonds is 8. The van der Waals surface area contributed by atoms with Crippen molar-refractivity contribution < 1.29 is 14.4 Å². The van der Waals surface area contributed by atoms with Gasteiger partial charge >= 0.3 is 0 Å². The third-order valence-corrected chi connectivity index (χ3v) is 3.10. The molecular weight excluding hydrogens is 263 g/mol. The standard InChI is InChI=1S/C14H21FN2O3/c1-14(2,4-3-5-18)10-16-9-11-6-12(15)8-13(7-11)17(19)20/h6-8,16,18H,3-5,9-10H2,1-2H3. The molecule has 0 aliphatic carbocycles. The van der Waals surface area contributed by atoms with E-state index in [1.807, 2.05) is 0 Å². The molecule has 2 N–H and O–H groups in total. The first-order valence-corrected chi connectivity index (χ1v) is 6.59. The van der Waals surface area contributed by atoms with Crippen LogP contribution >= 0.6 is 0 Å². The zero-order valence-corrected chi connectivity index (χ0v) is 11.9. The summed E-state index contributed by atoms with van der Waals surface area (Å²) in [7, 11) is 0. The normalized spacial score (nSPS) is 11.6. The first-order chi connectivity index (χ1) is 9.34. The highest BCUT2D eigenvalue weighted by Crippen LogP contribution is 2.21. The van der Waals surface area contributed by atoms with Crippen molar-refractivity contribution in [3.05, 3.63) is 39.7 Å². The number of aliphatic hydroxyl groups excluding tert-OH is 1. The van der Waals surface area contributed by atoms with Crippen LogP contribution < -0.4 is 5.32 Å². The van der Waals surface area contributed by atoms with Crippen molar-refractivity contribution in [3.63, 3.8) is 0 Å². The minimum Gasteiger partial charge on any atom is -0.396 e. The average Bonchev–Trinajstić information content (AvgIpc) is 2.35. The molecule has 112 valence electrons. The fourth-order valence-electron chi connectivity index (χ4n) is 2.03. The van der Waals surface area contributed by atoms with Gasteiger partial charge in [0.1, 0.15) is 5.82 Å². The van der Waals surface area contributed by atoms with Crippen LogP contribution in [0.3, 0.4) is 0 Å². The predicted octanol–water partition coefficient (Wildman–Crippen LogP) is 2.62. The van der Waals surface area contributed by atoms with Gasteiger partial charge in [0.25, 0.3) is 5.69 Å². The van der Waals surface area contributed by atoms with E-state index < -0.39 is 10.7 Å². The van der Waals surface area contributed by atoms with Gasteiger partial charge in [-0.25, -0.2) is 4.39 Å². The van der Waals surface area contributed by atoms with Crippen LogP contribution in [0.5, 0.6) is 0 Å². The van der Waals surface area contributed by atoms with E-state index in [4.69, 9.17) is 5.11 Å². The molecule has 0 saturated heterocycles. The molecule has 0 amide bonds. The number of nitrogens with one attached hydrogen (secondary N) is 1. The smallest absolute Gasteiger partial charge is 0.272 e. The molecule has 0 heterocycles. The third-order valence-electron chi connectivity index (χ3n) is 3.10. The lowest BCUT2D eigenvalue weighted by Gasteiger charge is -2.24. The zero-order chi connectivity index (χ0) is 15.2. The van der Waals surface area contributed by atoms with E-state index in [1.54, 1.807) is 0 Å². The highest BCUT2D eigenvalue weighted by molar-refractivity contribution is 5.35. The number of nitro groups is 1. The molecule has 0 radical (unpaired) electrons. The van der Waals surface area contributed by atoms with Crippen molar-refractivity contribution in [2.75, 3.05) is 13.2 Å². The van der Waals surface area contributed by atoms with Crippen LogP contribution in [-0.2, 0) is 6.54 Å². The molecule has 1 aromatic carbocycles. The van der Waals surface area contributed by atoms with Crippen LogP contribution in [-0.4, -0.2) is 23.2 Å². The third kappa shape index (κ3) is 5.63. The Morgan fingerprint density at radius 1 is 1.40 bits per heavy atom. The van der Waals surface area contributed by atoms with Crippen molar-refractivity contribution in [1.82, 2.24) is 5.32 Å². The molecule has 6 heteroatoms. The maximum atomic E-state index is 13.3. The van der Waals surface area contributed by atoms with Gasteiger partial charge in [-0.05, 0) is 29.9 Å². The fourth-order valence-corrected chi connectivity index (χ4v) is 2.03. The Hall–Kier alpha value is -1.53. The van der Waals surface area contributed by atoms with Crippen LogP contribution in [0, 0.1) is 21.3 Å². The Balaban J connectivity index is 2.55. The molecule has 1 rings (SSSR count). The minimum absolute atomic E-state index is 0.0159. The van der Waals surface area contributed by atoms with Gasteiger partial charge in [-0.1, -0.05) is 13.8 Å². The summed E-state index contributed by atoms with van der Waals surface area (Å²) in [6.45, 7) is 5.38. The molecule has 0 aliphatic heterocycles. The van der Waals surface area contributed by atoms with Crippen LogP contribution in [0.2, 0.25) is 0 Å². The van der Waals surface area contributed by atoms with Crippen molar-refractivity contribution in [1.29, 1.82) is 0 Å². The average molecular weight is 284 g/mol. The summed E-state index contributed by atoms with van der Waals surface area (Å²) < 4.78 is 13.3. The maximum Gasteiger partial charge on any atom is 0.272 e. The highest BCUT2D eigenvalue weighted by atomic mass is 19.1. The van der Waals surface area contributed by atoms with E-state index in [0.29, 0.717) is 18.7 Å². The van der Waals surface area contributed by atoms with Crippen LogP contribution in [0.25, 0.3) is 0 Å². The summed E-state index contributed by atoms with van der Waals surface area (Å²) in [6.07, 6.45) is 1.61.